The number of carbonyl (C=O) groups excluding carboxylic acids is 1. The van der Waals surface area contributed by atoms with E-state index in [0.717, 1.165) is 16.8 Å². The third-order valence-corrected chi connectivity index (χ3v) is 5.31. The fraction of sp³-hybridized carbons (Fsp3) is 0.545. The summed E-state index contributed by atoms with van der Waals surface area (Å²) in [6, 6.07) is 6.83. The summed E-state index contributed by atoms with van der Waals surface area (Å²) in [5, 5.41) is 20.0. The highest BCUT2D eigenvalue weighted by Crippen LogP contribution is 2.30. The van der Waals surface area contributed by atoms with E-state index in [1.54, 1.807) is 6.20 Å². The number of aliphatic carboxylic acids is 1. The molecule has 8 nitrogen and oxygen atoms in total. The number of benzene rings is 1. The minimum Gasteiger partial charge on any atom is -0.481 e. The van der Waals surface area contributed by atoms with Gasteiger partial charge >= 0.3 is 5.97 Å². The predicted molar refractivity (Wildman–Crippen MR) is 111 cm³/mol. The molecule has 1 saturated heterocycles. The standard InChI is InChI=1S/C22H28F2N4O4/c1-15-6-8-16(9-7-15)19(10-21(30)31)25-20(29)5-3-2-4-17-12-28(27-26-17)13-18-11-22(23,24)14-32-18/h6-9,12,18-19H,2-5,10-11,13-14H2,1H3,(H,25,29)(H,30,31). The van der Waals surface area contributed by atoms with Gasteiger partial charge in [-0.3, -0.25) is 9.59 Å². The van der Waals surface area contributed by atoms with Crippen molar-refractivity contribution in [3.63, 3.8) is 0 Å². The fourth-order valence-electron chi connectivity index (χ4n) is 3.64. The molecule has 2 N–H and O–H groups in total. The van der Waals surface area contributed by atoms with Crippen LogP contribution >= 0.6 is 0 Å². The van der Waals surface area contributed by atoms with Gasteiger partial charge in [0.25, 0.3) is 5.92 Å². The molecule has 1 fully saturated rings. The van der Waals surface area contributed by atoms with Crippen molar-refractivity contribution >= 4 is 11.9 Å². The van der Waals surface area contributed by atoms with Crippen LogP contribution in [0.25, 0.3) is 0 Å². The summed E-state index contributed by atoms with van der Waals surface area (Å²) in [4.78, 5) is 23.5. The quantitative estimate of drug-likeness (QED) is 0.510. The Labute approximate surface area is 184 Å². The van der Waals surface area contributed by atoms with Gasteiger partial charge < -0.3 is 15.2 Å². The first-order chi connectivity index (χ1) is 15.2. The van der Waals surface area contributed by atoms with Crippen LogP contribution in [0.5, 0.6) is 0 Å². The molecule has 0 spiro atoms. The van der Waals surface area contributed by atoms with Crippen LogP contribution in [-0.2, 0) is 27.3 Å². The van der Waals surface area contributed by atoms with Crippen LogP contribution in [0.15, 0.2) is 30.5 Å². The van der Waals surface area contributed by atoms with Crippen molar-refractivity contribution in [1.82, 2.24) is 20.3 Å². The maximum absolute atomic E-state index is 13.2. The van der Waals surface area contributed by atoms with Gasteiger partial charge in [0, 0.05) is 19.0 Å². The van der Waals surface area contributed by atoms with Gasteiger partial charge in [0.15, 0.2) is 0 Å². The number of nitrogens with zero attached hydrogens (tertiary/aromatic N) is 3. The number of hydrogen-bond acceptors (Lipinski definition) is 5. The lowest BCUT2D eigenvalue weighted by Gasteiger charge is -2.17. The third-order valence-electron chi connectivity index (χ3n) is 5.31. The molecule has 0 radical (unpaired) electrons. The molecule has 1 amide bonds. The van der Waals surface area contributed by atoms with Gasteiger partial charge in [0.2, 0.25) is 5.91 Å². The predicted octanol–water partition coefficient (Wildman–Crippen LogP) is 3.06. The molecule has 1 aromatic heterocycles. The number of aromatic nitrogens is 3. The number of hydrogen-bond donors (Lipinski definition) is 2. The highest BCUT2D eigenvalue weighted by Gasteiger charge is 2.40. The first kappa shape index (κ1) is 23.8. The average molecular weight is 450 g/mol. The molecule has 1 aliphatic heterocycles. The number of rotatable bonds is 11. The second-order valence-corrected chi connectivity index (χ2v) is 8.26. The Morgan fingerprint density at radius 2 is 2.06 bits per heavy atom. The lowest BCUT2D eigenvalue weighted by Crippen LogP contribution is -2.30. The van der Waals surface area contributed by atoms with Crippen LogP contribution in [0.2, 0.25) is 0 Å². The molecule has 0 bridgehead atoms. The molecule has 0 aliphatic carbocycles. The first-order valence-electron chi connectivity index (χ1n) is 10.7. The lowest BCUT2D eigenvalue weighted by atomic mass is 10.0. The third kappa shape index (κ3) is 7.37. The fourth-order valence-corrected chi connectivity index (χ4v) is 3.64. The minimum absolute atomic E-state index is 0.186. The van der Waals surface area contributed by atoms with Gasteiger partial charge in [-0.15, -0.1) is 5.10 Å². The Hall–Kier alpha value is -2.88. The highest BCUT2D eigenvalue weighted by atomic mass is 19.3. The summed E-state index contributed by atoms with van der Waals surface area (Å²) >= 11 is 0. The molecule has 2 unspecified atom stereocenters. The number of halogens is 2. The number of unbranched alkanes of at least 4 members (excludes halogenated alkanes) is 1. The molecule has 32 heavy (non-hydrogen) atoms. The van der Waals surface area contributed by atoms with E-state index in [1.807, 2.05) is 31.2 Å². The largest absolute Gasteiger partial charge is 0.481 e. The van der Waals surface area contributed by atoms with Crippen LogP contribution in [0.1, 0.15) is 55.0 Å². The van der Waals surface area contributed by atoms with Crippen LogP contribution in [0.4, 0.5) is 8.78 Å². The number of nitrogens with one attached hydrogen (secondary N) is 1. The van der Waals surface area contributed by atoms with Crippen LogP contribution < -0.4 is 5.32 Å². The van der Waals surface area contributed by atoms with Crippen LogP contribution in [0.3, 0.4) is 0 Å². The number of alkyl halides is 2. The Morgan fingerprint density at radius 3 is 2.72 bits per heavy atom. The van der Waals surface area contributed by atoms with Gasteiger partial charge in [0.1, 0.15) is 6.61 Å². The normalized spacial score (nSPS) is 18.4. The molecule has 2 atom stereocenters. The minimum atomic E-state index is -2.78. The number of amides is 1. The number of aryl methyl sites for hydroxylation is 2. The van der Waals surface area contributed by atoms with Crippen LogP contribution in [0, 0.1) is 6.92 Å². The van der Waals surface area contributed by atoms with E-state index >= 15 is 0 Å². The molecular weight excluding hydrogens is 422 g/mol. The Bertz CT molecular complexity index is 917. The first-order valence-corrected chi connectivity index (χ1v) is 10.7. The van der Waals surface area contributed by atoms with Crippen molar-refractivity contribution in [2.24, 2.45) is 0 Å². The summed E-state index contributed by atoms with van der Waals surface area (Å²) < 4.78 is 33.0. The molecule has 3 rings (SSSR count). The Balaban J connectivity index is 1.40. The van der Waals surface area contributed by atoms with Gasteiger partial charge in [-0.05, 0) is 31.7 Å². The summed E-state index contributed by atoms with van der Waals surface area (Å²) in [5.74, 6) is -3.97. The molecule has 0 saturated carbocycles. The molecular formula is C22H28F2N4O4. The Kier molecular flexibility index (Phi) is 7.89. The van der Waals surface area contributed by atoms with Crippen molar-refractivity contribution in [3.8, 4) is 0 Å². The maximum Gasteiger partial charge on any atom is 0.305 e. The molecule has 1 aliphatic rings. The monoisotopic (exact) mass is 450 g/mol. The lowest BCUT2D eigenvalue weighted by molar-refractivity contribution is -0.137. The molecule has 2 aromatic rings. The topological polar surface area (TPSA) is 106 Å². The van der Waals surface area contributed by atoms with E-state index in [9.17, 15) is 18.4 Å². The molecule has 2 heterocycles. The second-order valence-electron chi connectivity index (χ2n) is 8.26. The summed E-state index contributed by atoms with van der Waals surface area (Å²) in [5.41, 5.74) is 2.53. The molecule has 174 valence electrons. The van der Waals surface area contributed by atoms with Crippen LogP contribution in [-0.4, -0.2) is 50.6 Å². The number of carboxylic acids is 1. The summed E-state index contributed by atoms with van der Waals surface area (Å²) in [6.45, 7) is 1.61. The van der Waals surface area contributed by atoms with E-state index < -0.39 is 30.6 Å². The smallest absolute Gasteiger partial charge is 0.305 e. The summed E-state index contributed by atoms with van der Waals surface area (Å²) in [6.07, 6.45) is 2.79. The SMILES string of the molecule is Cc1ccc(C(CC(=O)O)NC(=O)CCCCc2cn(CC3CC(F)(F)CO3)nn2)cc1. The van der Waals surface area contributed by atoms with E-state index in [0.29, 0.717) is 19.3 Å². The number of carboxylic acid groups (broad SMARTS) is 1. The maximum atomic E-state index is 13.2. The summed E-state index contributed by atoms with van der Waals surface area (Å²) in [7, 11) is 0. The van der Waals surface area contributed by atoms with Crippen molar-refractivity contribution in [1.29, 1.82) is 0 Å². The van der Waals surface area contributed by atoms with E-state index in [4.69, 9.17) is 9.84 Å². The van der Waals surface area contributed by atoms with E-state index in [1.165, 1.54) is 4.68 Å². The van der Waals surface area contributed by atoms with Crippen molar-refractivity contribution in [2.45, 2.75) is 70.1 Å². The van der Waals surface area contributed by atoms with Gasteiger partial charge in [0.05, 0.1) is 30.8 Å². The second kappa shape index (κ2) is 10.6. The highest BCUT2D eigenvalue weighted by molar-refractivity contribution is 5.77. The number of ether oxygens (including phenoxy) is 1. The van der Waals surface area contributed by atoms with E-state index in [-0.39, 0.29) is 31.7 Å². The number of carbonyl (C=O) groups is 2. The molecule has 10 heteroatoms. The van der Waals surface area contributed by atoms with Crippen molar-refractivity contribution in [3.05, 3.63) is 47.3 Å². The zero-order chi connectivity index (χ0) is 23.1. The van der Waals surface area contributed by atoms with Gasteiger partial charge in [-0.2, -0.15) is 0 Å². The Morgan fingerprint density at radius 1 is 1.31 bits per heavy atom. The average Bonchev–Trinajstić information content (AvgIpc) is 3.30. The zero-order valence-electron chi connectivity index (χ0n) is 18.0. The zero-order valence-corrected chi connectivity index (χ0v) is 18.0. The van der Waals surface area contributed by atoms with Crippen molar-refractivity contribution in [2.75, 3.05) is 6.61 Å². The van der Waals surface area contributed by atoms with E-state index in [2.05, 4.69) is 15.6 Å². The van der Waals surface area contributed by atoms with Crippen molar-refractivity contribution < 1.29 is 28.2 Å². The van der Waals surface area contributed by atoms with Gasteiger partial charge in [-0.1, -0.05) is 35.0 Å². The molecule has 1 aromatic carbocycles. The van der Waals surface area contributed by atoms with Gasteiger partial charge in [-0.25, -0.2) is 13.5 Å².